The zero-order valence-corrected chi connectivity index (χ0v) is 16.3. The van der Waals surface area contributed by atoms with Crippen LogP contribution >= 0.6 is 11.3 Å². The van der Waals surface area contributed by atoms with Crippen molar-refractivity contribution in [2.24, 2.45) is 0 Å². The molecule has 0 fully saturated rings. The number of carbonyl (C=O) groups is 1. The van der Waals surface area contributed by atoms with Crippen molar-refractivity contribution in [3.8, 4) is 11.4 Å². The lowest BCUT2D eigenvalue weighted by atomic mass is 10.2. The number of aromatic amines is 1. The number of halogens is 1. The summed E-state index contributed by atoms with van der Waals surface area (Å²) in [5.74, 6) is 0.511. The van der Waals surface area contributed by atoms with E-state index in [1.54, 1.807) is 29.5 Å². The summed E-state index contributed by atoms with van der Waals surface area (Å²) in [7, 11) is 0. The predicted molar refractivity (Wildman–Crippen MR) is 110 cm³/mol. The van der Waals surface area contributed by atoms with Crippen LogP contribution in [0.1, 0.15) is 30.5 Å². The molecule has 28 heavy (non-hydrogen) atoms. The van der Waals surface area contributed by atoms with E-state index in [9.17, 15) is 9.18 Å². The Labute approximate surface area is 165 Å². The van der Waals surface area contributed by atoms with Gasteiger partial charge in [-0.2, -0.15) is 0 Å². The number of nitrogens with one attached hydrogen (secondary N) is 2. The second-order valence-electron chi connectivity index (χ2n) is 6.88. The first-order valence-corrected chi connectivity index (χ1v) is 9.86. The van der Waals surface area contributed by atoms with Gasteiger partial charge < -0.3 is 10.3 Å². The number of carbonyl (C=O) groups excluding carboxylic acids is 1. The number of thiazole rings is 1. The number of H-pyrrole nitrogens is 1. The van der Waals surface area contributed by atoms with Crippen LogP contribution in [0.4, 0.5) is 10.1 Å². The van der Waals surface area contributed by atoms with Gasteiger partial charge in [0.2, 0.25) is 5.91 Å². The molecule has 0 aliphatic carbocycles. The summed E-state index contributed by atoms with van der Waals surface area (Å²) in [5.41, 5.74) is 3.64. The number of hydrogen-bond acceptors (Lipinski definition) is 4. The third-order valence-corrected chi connectivity index (χ3v) is 5.46. The molecule has 5 nitrogen and oxygen atoms in total. The van der Waals surface area contributed by atoms with Gasteiger partial charge in [-0.15, -0.1) is 11.3 Å². The monoisotopic (exact) mass is 394 g/mol. The van der Waals surface area contributed by atoms with Crippen molar-refractivity contribution in [3.63, 3.8) is 0 Å². The molecule has 4 rings (SSSR count). The maximum atomic E-state index is 13.4. The van der Waals surface area contributed by atoms with E-state index in [1.807, 2.05) is 17.5 Å². The molecule has 142 valence electrons. The minimum absolute atomic E-state index is 0.121. The summed E-state index contributed by atoms with van der Waals surface area (Å²) >= 11 is 1.58. The van der Waals surface area contributed by atoms with Crippen molar-refractivity contribution in [1.29, 1.82) is 0 Å². The van der Waals surface area contributed by atoms with E-state index in [2.05, 4.69) is 34.1 Å². The highest BCUT2D eigenvalue weighted by molar-refractivity contribution is 7.09. The molecule has 2 heterocycles. The molecule has 0 bridgehead atoms. The van der Waals surface area contributed by atoms with Crippen LogP contribution in [0.2, 0.25) is 0 Å². The van der Waals surface area contributed by atoms with E-state index in [4.69, 9.17) is 0 Å². The van der Waals surface area contributed by atoms with Gasteiger partial charge in [0.25, 0.3) is 0 Å². The van der Waals surface area contributed by atoms with E-state index in [1.165, 1.54) is 12.1 Å². The van der Waals surface area contributed by atoms with Gasteiger partial charge in [-0.05, 0) is 30.3 Å². The Hall–Kier alpha value is -3.06. The lowest BCUT2D eigenvalue weighted by Gasteiger charge is -2.04. The predicted octanol–water partition coefficient (Wildman–Crippen LogP) is 5.13. The van der Waals surface area contributed by atoms with Gasteiger partial charge in [-0.3, -0.25) is 4.79 Å². The molecular weight excluding hydrogens is 375 g/mol. The molecular formula is C21H19FN4OS. The summed E-state index contributed by atoms with van der Waals surface area (Å²) in [4.78, 5) is 24.5. The number of imidazole rings is 1. The first kappa shape index (κ1) is 18.3. The van der Waals surface area contributed by atoms with Crippen LogP contribution in [0.5, 0.6) is 0 Å². The van der Waals surface area contributed by atoms with Gasteiger partial charge in [-0.25, -0.2) is 14.4 Å². The van der Waals surface area contributed by atoms with E-state index >= 15 is 0 Å². The first-order chi connectivity index (χ1) is 13.5. The van der Waals surface area contributed by atoms with Crippen LogP contribution in [-0.4, -0.2) is 20.9 Å². The van der Waals surface area contributed by atoms with Crippen LogP contribution in [0.15, 0.2) is 47.8 Å². The molecule has 0 radical (unpaired) electrons. The van der Waals surface area contributed by atoms with E-state index in [0.717, 1.165) is 21.7 Å². The number of hydrogen-bond donors (Lipinski definition) is 2. The number of fused-ring (bicyclic) bond motifs is 1. The van der Waals surface area contributed by atoms with E-state index < -0.39 is 0 Å². The third kappa shape index (κ3) is 3.94. The fourth-order valence-corrected chi connectivity index (χ4v) is 3.73. The quantitative estimate of drug-likeness (QED) is 0.493. The van der Waals surface area contributed by atoms with Gasteiger partial charge >= 0.3 is 0 Å². The summed E-state index contributed by atoms with van der Waals surface area (Å²) in [6.45, 7) is 4.17. The molecule has 0 aliphatic heterocycles. The molecule has 0 aliphatic rings. The number of nitrogens with zero attached hydrogens (tertiary/aromatic N) is 2. The van der Waals surface area contributed by atoms with E-state index in [-0.39, 0.29) is 18.1 Å². The molecule has 1 amide bonds. The maximum Gasteiger partial charge on any atom is 0.230 e. The summed E-state index contributed by atoms with van der Waals surface area (Å²) in [6.07, 6.45) is 0.235. The highest BCUT2D eigenvalue weighted by Crippen LogP contribution is 2.24. The van der Waals surface area contributed by atoms with Gasteiger partial charge in [0.1, 0.15) is 11.6 Å². The van der Waals surface area contributed by atoms with Gasteiger partial charge in [0.15, 0.2) is 0 Å². The van der Waals surface area contributed by atoms with Crippen molar-refractivity contribution >= 4 is 34.0 Å². The number of rotatable bonds is 5. The van der Waals surface area contributed by atoms with Crippen molar-refractivity contribution in [1.82, 2.24) is 15.0 Å². The number of benzene rings is 2. The Balaban J connectivity index is 1.50. The Morgan fingerprint density at radius 2 is 2.07 bits per heavy atom. The van der Waals surface area contributed by atoms with Crippen molar-refractivity contribution in [2.45, 2.75) is 26.2 Å². The molecule has 2 N–H and O–H groups in total. The largest absolute Gasteiger partial charge is 0.338 e. The Morgan fingerprint density at radius 3 is 2.82 bits per heavy atom. The lowest BCUT2D eigenvalue weighted by Crippen LogP contribution is -2.14. The van der Waals surface area contributed by atoms with Crippen LogP contribution in [-0.2, 0) is 11.2 Å². The number of amides is 1. The third-order valence-electron chi connectivity index (χ3n) is 4.27. The molecule has 0 saturated heterocycles. The number of aromatic nitrogens is 3. The molecule has 2 aromatic carbocycles. The van der Waals surface area contributed by atoms with Crippen LogP contribution in [0.3, 0.4) is 0 Å². The fraction of sp³-hybridized carbons (Fsp3) is 0.190. The van der Waals surface area contributed by atoms with Crippen LogP contribution in [0.25, 0.3) is 22.4 Å². The van der Waals surface area contributed by atoms with Crippen molar-refractivity contribution in [3.05, 3.63) is 64.4 Å². The SMILES string of the molecule is CC(C)c1nc(CC(=O)Nc2ccc3nc(-c4cccc(F)c4)[nH]c3c2)cs1. The molecule has 2 aromatic heterocycles. The molecule has 7 heteroatoms. The Bertz CT molecular complexity index is 1150. The normalized spacial score (nSPS) is 11.3. The first-order valence-electron chi connectivity index (χ1n) is 8.98. The Morgan fingerprint density at radius 1 is 1.21 bits per heavy atom. The standard InChI is InChI=1S/C21H19FN4OS/c1-12(2)21-24-16(11-28-21)10-19(27)23-15-6-7-17-18(9-15)26-20(25-17)13-4-3-5-14(22)8-13/h3-9,11-12H,10H2,1-2H3,(H,23,27)(H,25,26). The molecule has 0 unspecified atom stereocenters. The highest BCUT2D eigenvalue weighted by atomic mass is 32.1. The lowest BCUT2D eigenvalue weighted by molar-refractivity contribution is -0.115. The Kier molecular flexibility index (Phi) is 4.92. The summed E-state index contributed by atoms with van der Waals surface area (Å²) in [6, 6.07) is 11.7. The average Bonchev–Trinajstić information content (AvgIpc) is 3.28. The second-order valence-corrected chi connectivity index (χ2v) is 7.77. The average molecular weight is 394 g/mol. The zero-order valence-electron chi connectivity index (χ0n) is 15.5. The van der Waals surface area contributed by atoms with Gasteiger partial charge in [0, 0.05) is 22.5 Å². The topological polar surface area (TPSA) is 70.7 Å². The smallest absolute Gasteiger partial charge is 0.230 e. The van der Waals surface area contributed by atoms with Gasteiger partial charge in [0.05, 0.1) is 28.2 Å². The minimum atomic E-state index is -0.312. The van der Waals surface area contributed by atoms with Crippen molar-refractivity contribution in [2.75, 3.05) is 5.32 Å². The highest BCUT2D eigenvalue weighted by Gasteiger charge is 2.11. The molecule has 0 saturated carbocycles. The zero-order chi connectivity index (χ0) is 19.7. The molecule has 4 aromatic rings. The fourth-order valence-electron chi connectivity index (χ4n) is 2.90. The maximum absolute atomic E-state index is 13.4. The molecule has 0 spiro atoms. The minimum Gasteiger partial charge on any atom is -0.338 e. The number of anilines is 1. The van der Waals surface area contributed by atoms with E-state index in [0.29, 0.717) is 23.0 Å². The van der Waals surface area contributed by atoms with Crippen LogP contribution < -0.4 is 5.32 Å². The second kappa shape index (κ2) is 7.52. The summed E-state index contributed by atoms with van der Waals surface area (Å²) < 4.78 is 13.4. The summed E-state index contributed by atoms with van der Waals surface area (Å²) in [5, 5.41) is 5.86. The molecule has 0 atom stereocenters. The van der Waals surface area contributed by atoms with Crippen molar-refractivity contribution < 1.29 is 9.18 Å². The van der Waals surface area contributed by atoms with Crippen LogP contribution in [0, 0.1) is 5.82 Å². The van der Waals surface area contributed by atoms with Gasteiger partial charge in [-0.1, -0.05) is 26.0 Å².